The van der Waals surface area contributed by atoms with Gasteiger partial charge in [-0.2, -0.15) is 0 Å². The third-order valence-electron chi connectivity index (χ3n) is 4.81. The lowest BCUT2D eigenvalue weighted by atomic mass is 9.77. The number of halogens is 2. The van der Waals surface area contributed by atoms with Crippen molar-refractivity contribution in [3.05, 3.63) is 40.4 Å². The Morgan fingerprint density at radius 1 is 1.32 bits per heavy atom. The van der Waals surface area contributed by atoms with E-state index in [-0.39, 0.29) is 23.2 Å². The van der Waals surface area contributed by atoms with E-state index >= 15 is 0 Å². The molecule has 0 radical (unpaired) electrons. The van der Waals surface area contributed by atoms with Gasteiger partial charge in [0.05, 0.1) is 28.6 Å². The third-order valence-corrected chi connectivity index (χ3v) is 5.34. The van der Waals surface area contributed by atoms with E-state index in [1.165, 1.54) is 19.1 Å². The summed E-state index contributed by atoms with van der Waals surface area (Å²) in [6, 6.07) is 4.58. The van der Waals surface area contributed by atoms with E-state index in [4.69, 9.17) is 32.7 Å². The number of imide groups is 1. The number of benzene rings is 1. The molecule has 0 spiro atoms. The van der Waals surface area contributed by atoms with Crippen molar-refractivity contribution in [2.75, 3.05) is 11.5 Å². The number of anilines is 1. The third kappa shape index (κ3) is 2.32. The van der Waals surface area contributed by atoms with E-state index in [0.717, 1.165) is 4.90 Å². The van der Waals surface area contributed by atoms with E-state index in [9.17, 15) is 14.4 Å². The second-order valence-corrected chi connectivity index (χ2v) is 7.13. The number of carbonyl (C=O) groups is 3. The monoisotopic (exact) mass is 381 g/mol. The molecule has 0 saturated carbocycles. The van der Waals surface area contributed by atoms with Crippen molar-refractivity contribution in [1.82, 2.24) is 0 Å². The molecule has 0 unspecified atom stereocenters. The zero-order valence-electron chi connectivity index (χ0n) is 13.1. The number of carbonyl (C=O) groups excluding carboxylic acids is 3. The fraction of sp³-hybridized carbons (Fsp3) is 0.353. The Hall–Kier alpha value is -1.89. The van der Waals surface area contributed by atoms with Crippen LogP contribution in [0.2, 0.25) is 10.0 Å². The molecule has 0 N–H and O–H groups in total. The van der Waals surface area contributed by atoms with Gasteiger partial charge in [-0.1, -0.05) is 29.3 Å². The maximum Gasteiger partial charge on any atom is 0.302 e. The van der Waals surface area contributed by atoms with Gasteiger partial charge in [-0.25, -0.2) is 4.90 Å². The minimum Gasteiger partial charge on any atom is -0.462 e. The van der Waals surface area contributed by atoms with Crippen molar-refractivity contribution in [3.8, 4) is 0 Å². The van der Waals surface area contributed by atoms with Crippen LogP contribution in [0.5, 0.6) is 0 Å². The molecule has 0 aromatic heterocycles. The predicted octanol–water partition coefficient (Wildman–Crippen LogP) is 2.37. The quantitative estimate of drug-likeness (QED) is 0.456. The maximum absolute atomic E-state index is 13.0. The molecule has 2 saturated heterocycles. The Morgan fingerprint density at radius 2 is 2.08 bits per heavy atom. The number of amides is 2. The van der Waals surface area contributed by atoms with Crippen LogP contribution in [-0.4, -0.2) is 36.1 Å². The first kappa shape index (κ1) is 16.6. The van der Waals surface area contributed by atoms with Gasteiger partial charge in [-0.15, -0.1) is 0 Å². The predicted molar refractivity (Wildman–Crippen MR) is 89.3 cm³/mol. The minimum atomic E-state index is -1.11. The summed E-state index contributed by atoms with van der Waals surface area (Å²) in [4.78, 5) is 38.2. The van der Waals surface area contributed by atoms with Crippen LogP contribution in [-0.2, 0) is 23.9 Å². The Labute approximate surface area is 153 Å². The molecule has 6 nitrogen and oxygen atoms in total. The van der Waals surface area contributed by atoms with Crippen LogP contribution in [0.25, 0.3) is 0 Å². The van der Waals surface area contributed by atoms with E-state index in [2.05, 4.69) is 0 Å². The number of hydrogen-bond acceptors (Lipinski definition) is 5. The molecule has 3 heterocycles. The molecule has 25 heavy (non-hydrogen) atoms. The Kier molecular flexibility index (Phi) is 3.68. The molecular formula is C17H13Cl2NO5. The number of nitrogens with zero attached hydrogens (tertiary/aromatic N) is 1. The second kappa shape index (κ2) is 5.56. The Morgan fingerprint density at radius 3 is 2.76 bits per heavy atom. The van der Waals surface area contributed by atoms with Gasteiger partial charge in [0.2, 0.25) is 11.8 Å². The molecule has 4 atom stereocenters. The Balaban J connectivity index is 1.72. The number of ether oxygens (including phenoxy) is 2. The van der Waals surface area contributed by atoms with Gasteiger partial charge in [-0.3, -0.25) is 14.4 Å². The molecule has 3 aliphatic rings. The lowest BCUT2D eigenvalue weighted by molar-refractivity contribution is -0.150. The van der Waals surface area contributed by atoms with Gasteiger partial charge >= 0.3 is 5.97 Å². The minimum absolute atomic E-state index is 0.113. The number of rotatable bonds is 3. The van der Waals surface area contributed by atoms with Crippen LogP contribution in [0.3, 0.4) is 0 Å². The first-order valence-corrected chi connectivity index (χ1v) is 8.43. The SMILES string of the molecule is CC(=O)OC[C@@]12C=C[C@@H](O1)[C@@H]1C(=O)N(c3ccc(Cl)cc3Cl)C(=O)[C@H]12. The van der Waals surface area contributed by atoms with Gasteiger partial charge in [0.15, 0.2) is 0 Å². The highest BCUT2D eigenvalue weighted by atomic mass is 35.5. The normalized spacial score (nSPS) is 32.4. The number of hydrogen-bond donors (Lipinski definition) is 0. The van der Waals surface area contributed by atoms with Crippen molar-refractivity contribution >= 4 is 46.7 Å². The van der Waals surface area contributed by atoms with Crippen LogP contribution >= 0.6 is 23.2 Å². The average Bonchev–Trinajstić information content (AvgIpc) is 3.18. The molecule has 2 fully saturated rings. The largest absolute Gasteiger partial charge is 0.462 e. The van der Waals surface area contributed by atoms with Crippen molar-refractivity contribution in [2.24, 2.45) is 11.8 Å². The molecule has 1 aromatic carbocycles. The smallest absolute Gasteiger partial charge is 0.302 e. The van der Waals surface area contributed by atoms with E-state index in [1.807, 2.05) is 0 Å². The van der Waals surface area contributed by atoms with Gasteiger partial charge < -0.3 is 9.47 Å². The van der Waals surface area contributed by atoms with Crippen LogP contribution in [0.15, 0.2) is 30.4 Å². The van der Waals surface area contributed by atoms with Crippen molar-refractivity contribution in [1.29, 1.82) is 0 Å². The first-order valence-electron chi connectivity index (χ1n) is 7.67. The van der Waals surface area contributed by atoms with Gasteiger partial charge in [0.25, 0.3) is 0 Å². The molecule has 1 aromatic rings. The Bertz CT molecular complexity index is 838. The molecule has 130 valence electrons. The van der Waals surface area contributed by atoms with Crippen molar-refractivity contribution in [3.63, 3.8) is 0 Å². The molecule has 2 bridgehead atoms. The standard InChI is InChI=1S/C17H13Cl2NO5/c1-8(21)24-7-17-5-4-12(25-17)13-14(17)16(23)20(15(13)22)11-3-2-9(18)6-10(11)19/h2-6,12-14H,7H2,1H3/t12-,13+,14+,17-/m1/s1. The lowest BCUT2D eigenvalue weighted by Gasteiger charge is -2.28. The van der Waals surface area contributed by atoms with Gasteiger partial charge in [-0.05, 0) is 24.3 Å². The molecular weight excluding hydrogens is 369 g/mol. The molecule has 4 rings (SSSR count). The summed E-state index contributed by atoms with van der Waals surface area (Å²) in [6.45, 7) is 1.17. The van der Waals surface area contributed by atoms with Crippen molar-refractivity contribution < 1.29 is 23.9 Å². The topological polar surface area (TPSA) is 72.9 Å². The van der Waals surface area contributed by atoms with Crippen molar-refractivity contribution in [2.45, 2.75) is 18.6 Å². The molecule has 8 heteroatoms. The van der Waals surface area contributed by atoms with Crippen LogP contribution in [0, 0.1) is 11.8 Å². The summed E-state index contributed by atoms with van der Waals surface area (Å²) in [6.07, 6.45) is 2.93. The molecule has 2 amide bonds. The summed E-state index contributed by atoms with van der Waals surface area (Å²) in [5.74, 6) is -2.68. The van der Waals surface area contributed by atoms with Gasteiger partial charge in [0, 0.05) is 11.9 Å². The second-order valence-electron chi connectivity index (χ2n) is 6.29. The summed E-state index contributed by atoms with van der Waals surface area (Å²) in [7, 11) is 0. The fourth-order valence-electron chi connectivity index (χ4n) is 3.78. The average molecular weight is 382 g/mol. The lowest BCUT2D eigenvalue weighted by Crippen LogP contribution is -2.44. The van der Waals surface area contributed by atoms with Crippen LogP contribution < -0.4 is 4.90 Å². The van der Waals surface area contributed by atoms with Crippen LogP contribution in [0.1, 0.15) is 6.92 Å². The van der Waals surface area contributed by atoms with E-state index in [0.29, 0.717) is 5.02 Å². The summed E-state index contributed by atoms with van der Waals surface area (Å²) in [5.41, 5.74) is -0.820. The molecule has 3 aliphatic heterocycles. The van der Waals surface area contributed by atoms with Gasteiger partial charge in [0.1, 0.15) is 12.2 Å². The highest BCUT2D eigenvalue weighted by Crippen LogP contribution is 2.53. The zero-order chi connectivity index (χ0) is 17.9. The maximum atomic E-state index is 13.0. The highest BCUT2D eigenvalue weighted by molar-refractivity contribution is 6.38. The summed E-state index contributed by atoms with van der Waals surface area (Å²) >= 11 is 12.1. The molecule has 0 aliphatic carbocycles. The van der Waals surface area contributed by atoms with E-state index < -0.39 is 35.4 Å². The summed E-state index contributed by atoms with van der Waals surface area (Å²) in [5, 5.41) is 0.619. The van der Waals surface area contributed by atoms with Crippen LogP contribution in [0.4, 0.5) is 5.69 Å². The summed E-state index contributed by atoms with van der Waals surface area (Å²) < 4.78 is 10.9. The highest BCUT2D eigenvalue weighted by Gasteiger charge is 2.68. The fourth-order valence-corrected chi connectivity index (χ4v) is 4.28. The van der Waals surface area contributed by atoms with E-state index in [1.54, 1.807) is 18.2 Å². The number of fused-ring (bicyclic) bond motifs is 5. The zero-order valence-corrected chi connectivity index (χ0v) is 14.6. The number of esters is 1. The first-order chi connectivity index (χ1) is 11.8.